The van der Waals surface area contributed by atoms with E-state index in [4.69, 9.17) is 14.2 Å². The monoisotopic (exact) mass is 466 g/mol. The highest BCUT2D eigenvalue weighted by Gasteiger charge is 2.28. The molecular formula is C31H30O4. The van der Waals surface area contributed by atoms with Crippen molar-refractivity contribution >= 4 is 5.78 Å². The Morgan fingerprint density at radius 3 is 1.94 bits per heavy atom. The molecule has 178 valence electrons. The first-order valence-corrected chi connectivity index (χ1v) is 11.5. The van der Waals surface area contributed by atoms with Crippen LogP contribution in [-0.4, -0.2) is 27.1 Å². The Morgan fingerprint density at radius 2 is 1.31 bits per heavy atom. The number of benzene rings is 4. The minimum Gasteiger partial charge on any atom is -0.497 e. The lowest BCUT2D eigenvalue weighted by Gasteiger charge is -2.23. The Bertz CT molecular complexity index is 1380. The third kappa shape index (κ3) is 4.40. The summed E-state index contributed by atoms with van der Waals surface area (Å²) in [6.07, 6.45) is 0. The summed E-state index contributed by atoms with van der Waals surface area (Å²) >= 11 is 0. The van der Waals surface area contributed by atoms with Gasteiger partial charge in [-0.15, -0.1) is 0 Å². The molecule has 0 N–H and O–H groups in total. The number of hydrogen-bond donors (Lipinski definition) is 0. The minimum absolute atomic E-state index is 0.144. The summed E-state index contributed by atoms with van der Waals surface area (Å²) in [4.78, 5) is 14.2. The van der Waals surface area contributed by atoms with Gasteiger partial charge in [-0.2, -0.15) is 0 Å². The van der Waals surface area contributed by atoms with Crippen LogP contribution in [0.5, 0.6) is 17.2 Å². The van der Waals surface area contributed by atoms with Crippen molar-refractivity contribution < 1.29 is 19.0 Å². The zero-order chi connectivity index (χ0) is 25.1. The van der Waals surface area contributed by atoms with Gasteiger partial charge in [0.2, 0.25) is 0 Å². The molecule has 0 fully saturated rings. The van der Waals surface area contributed by atoms with Crippen LogP contribution >= 0.6 is 0 Å². The molecule has 0 unspecified atom stereocenters. The van der Waals surface area contributed by atoms with Gasteiger partial charge in [0, 0.05) is 11.1 Å². The van der Waals surface area contributed by atoms with Crippen molar-refractivity contribution in [3.8, 4) is 39.5 Å². The Labute approximate surface area is 207 Å². The van der Waals surface area contributed by atoms with Crippen LogP contribution in [0.25, 0.3) is 22.3 Å². The first kappa shape index (κ1) is 24.1. The third-order valence-electron chi connectivity index (χ3n) is 6.56. The summed E-state index contributed by atoms with van der Waals surface area (Å²) in [7, 11) is 4.77. The molecule has 0 amide bonds. The lowest BCUT2D eigenvalue weighted by Crippen LogP contribution is -2.10. The second kappa shape index (κ2) is 10.1. The lowest BCUT2D eigenvalue weighted by atomic mass is 9.83. The molecule has 0 saturated heterocycles. The largest absolute Gasteiger partial charge is 0.497 e. The van der Waals surface area contributed by atoms with Crippen LogP contribution in [0.15, 0.2) is 72.8 Å². The molecule has 4 aromatic carbocycles. The number of carbonyl (C=O) groups excluding carboxylic acids is 1. The quantitative estimate of drug-likeness (QED) is 0.270. The number of carbonyl (C=O) groups is 1. The van der Waals surface area contributed by atoms with Crippen molar-refractivity contribution in [1.82, 2.24) is 0 Å². The first-order chi connectivity index (χ1) is 16.9. The van der Waals surface area contributed by atoms with Crippen molar-refractivity contribution in [1.29, 1.82) is 0 Å². The SMILES string of the molecule is COc1ccc(C(=O)c2c(OC)c(OC)cc(-c3ccccc3C)c2-c2cccc(C)c2C)cc1. The topological polar surface area (TPSA) is 44.8 Å². The molecule has 4 heteroatoms. The third-order valence-corrected chi connectivity index (χ3v) is 6.56. The molecular weight excluding hydrogens is 436 g/mol. The average molecular weight is 467 g/mol. The molecule has 4 rings (SSSR count). The maximum atomic E-state index is 14.2. The van der Waals surface area contributed by atoms with Gasteiger partial charge in [-0.05, 0) is 84.5 Å². The van der Waals surface area contributed by atoms with Gasteiger partial charge in [-0.3, -0.25) is 4.79 Å². The fraction of sp³-hybridized carbons (Fsp3) is 0.194. The first-order valence-electron chi connectivity index (χ1n) is 11.5. The van der Waals surface area contributed by atoms with E-state index in [0.717, 1.165) is 38.9 Å². The molecule has 0 spiro atoms. The van der Waals surface area contributed by atoms with E-state index in [1.807, 2.05) is 24.3 Å². The van der Waals surface area contributed by atoms with E-state index in [-0.39, 0.29) is 5.78 Å². The lowest BCUT2D eigenvalue weighted by molar-refractivity contribution is 0.103. The van der Waals surface area contributed by atoms with Crippen LogP contribution in [0.4, 0.5) is 0 Å². The maximum Gasteiger partial charge on any atom is 0.197 e. The Morgan fingerprint density at radius 1 is 0.657 bits per heavy atom. The highest BCUT2D eigenvalue weighted by Crippen LogP contribution is 2.47. The summed E-state index contributed by atoms with van der Waals surface area (Å²) < 4.78 is 16.9. The van der Waals surface area contributed by atoms with Gasteiger partial charge in [0.1, 0.15) is 5.75 Å². The predicted molar refractivity (Wildman–Crippen MR) is 141 cm³/mol. The van der Waals surface area contributed by atoms with Gasteiger partial charge in [0.05, 0.1) is 26.9 Å². The molecule has 0 aliphatic carbocycles. The Balaban J connectivity index is 2.15. The van der Waals surface area contributed by atoms with Crippen molar-refractivity contribution in [2.24, 2.45) is 0 Å². The Kier molecular flexibility index (Phi) is 6.92. The number of ketones is 1. The predicted octanol–water partition coefficient (Wildman–Crippen LogP) is 7.20. The zero-order valence-electron chi connectivity index (χ0n) is 21.1. The standard InChI is InChI=1S/C31H30O4/c1-19-11-9-13-25(21(19)3)28-26(24-12-8-7-10-20(24)2)18-27(34-5)31(35-6)29(28)30(32)22-14-16-23(33-4)17-15-22/h7-18H,1-6H3. The smallest absolute Gasteiger partial charge is 0.197 e. The second-order valence-corrected chi connectivity index (χ2v) is 8.53. The second-order valence-electron chi connectivity index (χ2n) is 8.53. The number of methoxy groups -OCH3 is 3. The molecule has 0 aromatic heterocycles. The van der Waals surface area contributed by atoms with E-state index in [2.05, 4.69) is 45.0 Å². The fourth-order valence-corrected chi connectivity index (χ4v) is 4.49. The van der Waals surface area contributed by atoms with E-state index in [0.29, 0.717) is 28.4 Å². The zero-order valence-corrected chi connectivity index (χ0v) is 21.1. The molecule has 0 atom stereocenters. The number of ether oxygens (including phenoxy) is 3. The molecule has 4 nitrogen and oxygen atoms in total. The van der Waals surface area contributed by atoms with Crippen LogP contribution < -0.4 is 14.2 Å². The van der Waals surface area contributed by atoms with Crippen LogP contribution in [0, 0.1) is 20.8 Å². The molecule has 35 heavy (non-hydrogen) atoms. The van der Waals surface area contributed by atoms with Crippen LogP contribution in [0.3, 0.4) is 0 Å². The summed E-state index contributed by atoms with van der Waals surface area (Å²) in [5.74, 6) is 1.47. The number of rotatable bonds is 7. The van der Waals surface area contributed by atoms with Gasteiger partial charge < -0.3 is 14.2 Å². The van der Waals surface area contributed by atoms with E-state index in [1.165, 1.54) is 0 Å². The normalized spacial score (nSPS) is 10.7. The van der Waals surface area contributed by atoms with Crippen molar-refractivity contribution in [2.75, 3.05) is 21.3 Å². The van der Waals surface area contributed by atoms with Crippen LogP contribution in [0.1, 0.15) is 32.6 Å². The Hall–Kier alpha value is -4.05. The highest BCUT2D eigenvalue weighted by molar-refractivity contribution is 6.17. The van der Waals surface area contributed by atoms with E-state index in [1.54, 1.807) is 45.6 Å². The summed E-state index contributed by atoms with van der Waals surface area (Å²) in [6.45, 7) is 6.24. The molecule has 0 aliphatic rings. The highest BCUT2D eigenvalue weighted by atomic mass is 16.5. The van der Waals surface area contributed by atoms with Crippen molar-refractivity contribution in [3.63, 3.8) is 0 Å². The van der Waals surface area contributed by atoms with Crippen molar-refractivity contribution in [3.05, 3.63) is 101 Å². The van der Waals surface area contributed by atoms with Gasteiger partial charge in [0.15, 0.2) is 17.3 Å². The van der Waals surface area contributed by atoms with Gasteiger partial charge in [-0.1, -0.05) is 42.5 Å². The minimum atomic E-state index is -0.144. The molecule has 0 bridgehead atoms. The van der Waals surface area contributed by atoms with E-state index >= 15 is 0 Å². The van der Waals surface area contributed by atoms with Gasteiger partial charge in [0.25, 0.3) is 0 Å². The average Bonchev–Trinajstić information content (AvgIpc) is 2.89. The summed E-state index contributed by atoms with van der Waals surface area (Å²) in [6, 6.07) is 23.5. The van der Waals surface area contributed by atoms with Gasteiger partial charge in [-0.25, -0.2) is 0 Å². The molecule has 0 aliphatic heterocycles. The molecule has 0 saturated carbocycles. The summed E-state index contributed by atoms with van der Waals surface area (Å²) in [5, 5.41) is 0. The van der Waals surface area contributed by atoms with Crippen LogP contribution in [0.2, 0.25) is 0 Å². The molecule has 4 aromatic rings. The number of hydrogen-bond acceptors (Lipinski definition) is 4. The van der Waals surface area contributed by atoms with E-state index < -0.39 is 0 Å². The number of aryl methyl sites for hydroxylation is 2. The van der Waals surface area contributed by atoms with Crippen LogP contribution in [-0.2, 0) is 0 Å². The molecule has 0 radical (unpaired) electrons. The molecule has 0 heterocycles. The van der Waals surface area contributed by atoms with Crippen molar-refractivity contribution in [2.45, 2.75) is 20.8 Å². The fourth-order valence-electron chi connectivity index (χ4n) is 4.49. The van der Waals surface area contributed by atoms with E-state index in [9.17, 15) is 4.79 Å². The maximum absolute atomic E-state index is 14.2. The summed E-state index contributed by atoms with van der Waals surface area (Å²) in [5.41, 5.74) is 8.16. The van der Waals surface area contributed by atoms with Gasteiger partial charge >= 0.3 is 0 Å².